The number of esters is 1. The number of aldehydes is 1. The fourth-order valence-corrected chi connectivity index (χ4v) is 3.08. The number of ether oxygens (including phenoxy) is 2. The maximum atomic E-state index is 12.9. The van der Waals surface area contributed by atoms with E-state index in [1.54, 1.807) is 0 Å². The van der Waals surface area contributed by atoms with Crippen LogP contribution in [-0.2, 0) is 19.1 Å². The molecule has 1 heterocycles. The average molecular weight is 344 g/mol. The van der Waals surface area contributed by atoms with E-state index in [4.69, 9.17) is 9.47 Å². The van der Waals surface area contributed by atoms with Gasteiger partial charge in [-0.1, -0.05) is 34.6 Å². The summed E-state index contributed by atoms with van der Waals surface area (Å²) in [5, 5.41) is 19.8. The molecule has 5 unspecified atom stereocenters. The lowest BCUT2D eigenvalue weighted by Crippen LogP contribution is -2.52. The summed E-state index contributed by atoms with van der Waals surface area (Å²) in [7, 11) is 0. The van der Waals surface area contributed by atoms with Crippen LogP contribution in [0.3, 0.4) is 0 Å². The summed E-state index contributed by atoms with van der Waals surface area (Å²) in [4.78, 5) is 24.3. The first-order chi connectivity index (χ1) is 10.9. The van der Waals surface area contributed by atoms with Gasteiger partial charge in [-0.15, -0.1) is 0 Å². The number of rotatable bonds is 6. The van der Waals surface area contributed by atoms with E-state index in [2.05, 4.69) is 0 Å². The summed E-state index contributed by atoms with van der Waals surface area (Å²) in [6.07, 6.45) is -2.27. The van der Waals surface area contributed by atoms with Crippen molar-refractivity contribution in [1.82, 2.24) is 0 Å². The maximum absolute atomic E-state index is 12.9. The average Bonchev–Trinajstić information content (AvgIpc) is 2.45. The van der Waals surface area contributed by atoms with Crippen LogP contribution in [0.15, 0.2) is 0 Å². The highest BCUT2D eigenvalue weighted by atomic mass is 16.6. The molecule has 0 spiro atoms. The van der Waals surface area contributed by atoms with Crippen molar-refractivity contribution >= 4 is 12.3 Å². The molecule has 24 heavy (non-hydrogen) atoms. The van der Waals surface area contributed by atoms with Gasteiger partial charge in [-0.25, -0.2) is 0 Å². The minimum absolute atomic E-state index is 0.00421. The lowest BCUT2D eigenvalue weighted by molar-refractivity contribution is -0.187. The molecule has 0 amide bonds. The van der Waals surface area contributed by atoms with Crippen LogP contribution in [0.2, 0.25) is 0 Å². The molecule has 6 nitrogen and oxygen atoms in total. The van der Waals surface area contributed by atoms with Gasteiger partial charge in [0.25, 0.3) is 0 Å². The van der Waals surface area contributed by atoms with Gasteiger partial charge in [0.05, 0.1) is 30.7 Å². The Balaban J connectivity index is 2.97. The van der Waals surface area contributed by atoms with Crippen LogP contribution < -0.4 is 0 Å². The summed E-state index contributed by atoms with van der Waals surface area (Å²) in [5.74, 6) is -0.951. The Morgan fingerprint density at radius 3 is 2.29 bits per heavy atom. The summed E-state index contributed by atoms with van der Waals surface area (Å²) >= 11 is 0. The van der Waals surface area contributed by atoms with Crippen molar-refractivity contribution in [3.8, 4) is 0 Å². The number of carbonyl (C=O) groups excluding carboxylic acids is 2. The molecule has 0 radical (unpaired) electrons. The summed E-state index contributed by atoms with van der Waals surface area (Å²) in [5.41, 5.74) is -1.13. The van der Waals surface area contributed by atoms with Gasteiger partial charge in [0, 0.05) is 0 Å². The van der Waals surface area contributed by atoms with E-state index in [9.17, 15) is 19.8 Å². The van der Waals surface area contributed by atoms with E-state index >= 15 is 0 Å². The molecule has 0 aromatic heterocycles. The first kappa shape index (κ1) is 21.1. The third-order valence-electron chi connectivity index (χ3n) is 5.15. The van der Waals surface area contributed by atoms with Gasteiger partial charge in [0.2, 0.25) is 0 Å². The zero-order valence-electron chi connectivity index (χ0n) is 15.6. The SMILES string of the molecule is CC(C)CC(C)(C(=O)OC(C=O)C1COCC(O)C1O)C(C)(C)C. The third-order valence-corrected chi connectivity index (χ3v) is 5.15. The van der Waals surface area contributed by atoms with Crippen LogP contribution in [0.5, 0.6) is 0 Å². The second-order valence-electron chi connectivity index (χ2n) is 8.45. The Morgan fingerprint density at radius 2 is 1.83 bits per heavy atom. The monoisotopic (exact) mass is 344 g/mol. The van der Waals surface area contributed by atoms with Gasteiger partial charge in [-0.2, -0.15) is 0 Å². The van der Waals surface area contributed by atoms with E-state index in [1.165, 1.54) is 0 Å². The van der Waals surface area contributed by atoms with E-state index in [1.807, 2.05) is 41.5 Å². The number of aliphatic hydroxyl groups is 2. The van der Waals surface area contributed by atoms with Crippen LogP contribution in [0.1, 0.15) is 48.0 Å². The molecule has 0 aromatic rings. The highest BCUT2D eigenvalue weighted by Crippen LogP contribution is 2.44. The van der Waals surface area contributed by atoms with Crippen molar-refractivity contribution in [1.29, 1.82) is 0 Å². The Kier molecular flexibility index (Phi) is 6.96. The lowest BCUT2D eigenvalue weighted by atomic mass is 9.64. The summed E-state index contributed by atoms with van der Waals surface area (Å²) < 4.78 is 10.7. The van der Waals surface area contributed by atoms with Gasteiger partial charge in [-0.3, -0.25) is 9.59 Å². The van der Waals surface area contributed by atoms with Crippen LogP contribution in [0.25, 0.3) is 0 Å². The van der Waals surface area contributed by atoms with Crippen molar-refractivity contribution in [2.24, 2.45) is 22.7 Å². The summed E-state index contributed by atoms with van der Waals surface area (Å²) in [6.45, 7) is 11.9. The molecule has 1 aliphatic heterocycles. The van der Waals surface area contributed by atoms with Crippen molar-refractivity contribution in [3.63, 3.8) is 0 Å². The van der Waals surface area contributed by atoms with Crippen molar-refractivity contribution < 1.29 is 29.3 Å². The molecular weight excluding hydrogens is 312 g/mol. The topological polar surface area (TPSA) is 93.1 Å². The maximum Gasteiger partial charge on any atom is 0.313 e. The molecule has 2 N–H and O–H groups in total. The number of hydrogen-bond acceptors (Lipinski definition) is 6. The highest BCUT2D eigenvalue weighted by molar-refractivity contribution is 5.79. The molecule has 1 aliphatic rings. The molecule has 0 saturated carbocycles. The van der Waals surface area contributed by atoms with Gasteiger partial charge in [0.15, 0.2) is 12.4 Å². The molecule has 0 bridgehead atoms. The zero-order chi connectivity index (χ0) is 18.7. The molecule has 0 aliphatic carbocycles. The second kappa shape index (κ2) is 7.93. The Morgan fingerprint density at radius 1 is 1.25 bits per heavy atom. The number of aliphatic hydroxyl groups excluding tert-OH is 2. The van der Waals surface area contributed by atoms with Crippen LogP contribution in [0.4, 0.5) is 0 Å². The molecule has 5 atom stereocenters. The Labute approximate surface area is 144 Å². The van der Waals surface area contributed by atoms with Gasteiger partial charge in [0.1, 0.15) is 6.10 Å². The highest BCUT2D eigenvalue weighted by Gasteiger charge is 2.48. The van der Waals surface area contributed by atoms with E-state index in [0.717, 1.165) is 0 Å². The normalized spacial score (nSPS) is 29.0. The fourth-order valence-electron chi connectivity index (χ4n) is 3.08. The van der Waals surface area contributed by atoms with E-state index in [0.29, 0.717) is 12.7 Å². The van der Waals surface area contributed by atoms with E-state index < -0.39 is 35.6 Å². The fraction of sp³-hybridized carbons (Fsp3) is 0.889. The number of carbonyl (C=O) groups is 2. The number of hydrogen-bond donors (Lipinski definition) is 2. The minimum Gasteiger partial charge on any atom is -0.454 e. The van der Waals surface area contributed by atoms with Crippen LogP contribution in [-0.4, -0.2) is 54.0 Å². The van der Waals surface area contributed by atoms with Crippen LogP contribution in [0, 0.1) is 22.7 Å². The summed E-state index contributed by atoms with van der Waals surface area (Å²) in [6, 6.07) is 0. The Bertz CT molecular complexity index is 441. The van der Waals surface area contributed by atoms with Crippen LogP contribution >= 0.6 is 0 Å². The predicted octanol–water partition coefficient (Wildman–Crippen LogP) is 1.56. The van der Waals surface area contributed by atoms with Gasteiger partial charge < -0.3 is 19.7 Å². The first-order valence-electron chi connectivity index (χ1n) is 8.54. The van der Waals surface area contributed by atoms with Gasteiger partial charge >= 0.3 is 5.97 Å². The largest absolute Gasteiger partial charge is 0.454 e. The zero-order valence-corrected chi connectivity index (χ0v) is 15.6. The molecule has 1 saturated heterocycles. The quantitative estimate of drug-likeness (QED) is 0.561. The van der Waals surface area contributed by atoms with Crippen molar-refractivity contribution in [2.45, 2.75) is 66.3 Å². The molecular formula is C18H32O6. The standard InChI is InChI=1S/C18H32O6/c1-11(2)7-18(6,17(3,4)5)16(22)24-14(8-19)12-9-23-10-13(20)15(12)21/h8,11-15,20-21H,7,9-10H2,1-6H3. The smallest absolute Gasteiger partial charge is 0.313 e. The third kappa shape index (κ3) is 4.55. The second-order valence-corrected chi connectivity index (χ2v) is 8.45. The lowest BCUT2D eigenvalue weighted by Gasteiger charge is -2.42. The minimum atomic E-state index is -1.16. The molecule has 6 heteroatoms. The molecule has 0 aromatic carbocycles. The molecule has 140 valence electrons. The molecule has 1 fully saturated rings. The van der Waals surface area contributed by atoms with Crippen molar-refractivity contribution in [2.75, 3.05) is 13.2 Å². The first-order valence-corrected chi connectivity index (χ1v) is 8.54. The van der Waals surface area contributed by atoms with Gasteiger partial charge in [-0.05, 0) is 24.7 Å². The van der Waals surface area contributed by atoms with E-state index in [-0.39, 0.29) is 24.5 Å². The predicted molar refractivity (Wildman–Crippen MR) is 89.3 cm³/mol. The molecule has 1 rings (SSSR count). The van der Waals surface area contributed by atoms with Crippen molar-refractivity contribution in [3.05, 3.63) is 0 Å². The Hall–Kier alpha value is -0.980.